The molecular weight excluding hydrogens is 240 g/mol. The van der Waals surface area contributed by atoms with Crippen LogP contribution in [0.5, 0.6) is 0 Å². The molecule has 1 aromatic carbocycles. The van der Waals surface area contributed by atoms with Crippen molar-refractivity contribution in [1.82, 2.24) is 4.90 Å². The zero-order valence-corrected chi connectivity index (χ0v) is 10.7. The molecule has 0 bridgehead atoms. The molecule has 0 saturated heterocycles. The minimum atomic E-state index is -0.429. The lowest BCUT2D eigenvalue weighted by atomic mass is 10.1. The molecule has 0 aliphatic heterocycles. The molecule has 5 heteroatoms. The molecule has 0 saturated carbocycles. The minimum absolute atomic E-state index is 0.189. The van der Waals surface area contributed by atoms with Gasteiger partial charge in [-0.25, -0.2) is 0 Å². The molecule has 1 unspecified atom stereocenters. The van der Waals surface area contributed by atoms with Crippen molar-refractivity contribution in [2.24, 2.45) is 0 Å². The van der Waals surface area contributed by atoms with Crippen LogP contribution in [0.2, 0.25) is 5.02 Å². The Hall–Kier alpha value is -1.26. The van der Waals surface area contributed by atoms with Crippen LogP contribution in [-0.4, -0.2) is 35.6 Å². The summed E-state index contributed by atoms with van der Waals surface area (Å²) < 4.78 is 0. The summed E-state index contributed by atoms with van der Waals surface area (Å²) in [5.41, 5.74) is 6.53. The number of anilines is 1. The van der Waals surface area contributed by atoms with Gasteiger partial charge in [-0.15, -0.1) is 0 Å². The van der Waals surface area contributed by atoms with Gasteiger partial charge in [0, 0.05) is 24.3 Å². The van der Waals surface area contributed by atoms with Crippen molar-refractivity contribution in [2.45, 2.75) is 19.4 Å². The number of nitrogens with two attached hydrogens (primary N) is 1. The monoisotopic (exact) mass is 256 g/mol. The highest BCUT2D eigenvalue weighted by molar-refractivity contribution is 6.31. The first-order valence-electron chi connectivity index (χ1n) is 5.40. The van der Waals surface area contributed by atoms with Gasteiger partial charge in [0.2, 0.25) is 0 Å². The lowest BCUT2D eigenvalue weighted by molar-refractivity contribution is 0.0770. The van der Waals surface area contributed by atoms with Crippen LogP contribution in [-0.2, 0) is 0 Å². The molecule has 1 rings (SSSR count). The smallest absolute Gasteiger partial charge is 0.255 e. The van der Waals surface area contributed by atoms with Crippen molar-refractivity contribution in [1.29, 1.82) is 0 Å². The summed E-state index contributed by atoms with van der Waals surface area (Å²) in [6, 6.07) is 4.81. The summed E-state index contributed by atoms with van der Waals surface area (Å²) in [5.74, 6) is -0.189. The van der Waals surface area contributed by atoms with E-state index in [1.54, 1.807) is 32.2 Å². The number of amides is 1. The highest BCUT2D eigenvalue weighted by Gasteiger charge is 2.15. The highest BCUT2D eigenvalue weighted by Crippen LogP contribution is 2.19. The fourth-order valence-electron chi connectivity index (χ4n) is 1.40. The first-order chi connectivity index (χ1) is 7.91. The minimum Gasteiger partial charge on any atom is -0.398 e. The lowest BCUT2D eigenvalue weighted by Gasteiger charge is -2.19. The van der Waals surface area contributed by atoms with Gasteiger partial charge in [0.1, 0.15) is 0 Å². The lowest BCUT2D eigenvalue weighted by Crippen LogP contribution is -2.30. The summed E-state index contributed by atoms with van der Waals surface area (Å²) in [6.07, 6.45) is 0.102. The predicted octanol–water partition coefficient (Wildman–Crippen LogP) is 1.77. The highest BCUT2D eigenvalue weighted by atomic mass is 35.5. The second-order valence-corrected chi connectivity index (χ2v) is 4.53. The fraction of sp³-hybridized carbons (Fsp3) is 0.417. The second-order valence-electron chi connectivity index (χ2n) is 4.10. The van der Waals surface area contributed by atoms with E-state index in [0.29, 0.717) is 29.2 Å². The maximum Gasteiger partial charge on any atom is 0.255 e. The number of carbonyl (C=O) groups is 1. The standard InChI is InChI=1S/C12H17ClN2O2/c1-8(16)5-6-15(2)12(17)10-7-9(13)3-4-11(10)14/h3-4,7-8,16H,5-6,14H2,1-2H3. The Labute approximate surface area is 106 Å². The summed E-state index contributed by atoms with van der Waals surface area (Å²) in [6.45, 7) is 2.16. The van der Waals surface area contributed by atoms with E-state index in [0.717, 1.165) is 0 Å². The molecule has 1 atom stereocenters. The van der Waals surface area contributed by atoms with Gasteiger partial charge in [-0.1, -0.05) is 11.6 Å². The Bertz CT molecular complexity index is 407. The van der Waals surface area contributed by atoms with Crippen molar-refractivity contribution < 1.29 is 9.90 Å². The quantitative estimate of drug-likeness (QED) is 0.807. The van der Waals surface area contributed by atoms with Gasteiger partial charge in [0.05, 0.1) is 11.7 Å². The average Bonchev–Trinajstić information content (AvgIpc) is 2.28. The van der Waals surface area contributed by atoms with Crippen LogP contribution in [0.25, 0.3) is 0 Å². The van der Waals surface area contributed by atoms with Crippen LogP contribution in [0, 0.1) is 0 Å². The van der Waals surface area contributed by atoms with Gasteiger partial charge in [-0.05, 0) is 31.5 Å². The van der Waals surface area contributed by atoms with Gasteiger partial charge in [0.25, 0.3) is 5.91 Å². The van der Waals surface area contributed by atoms with Crippen LogP contribution in [0.15, 0.2) is 18.2 Å². The first-order valence-corrected chi connectivity index (χ1v) is 5.78. The third-order valence-electron chi connectivity index (χ3n) is 2.47. The molecule has 0 heterocycles. The molecule has 0 fully saturated rings. The Morgan fingerprint density at radius 1 is 1.59 bits per heavy atom. The molecule has 4 nitrogen and oxygen atoms in total. The van der Waals surface area contributed by atoms with E-state index < -0.39 is 6.10 Å². The fourth-order valence-corrected chi connectivity index (χ4v) is 1.57. The van der Waals surface area contributed by atoms with Crippen molar-refractivity contribution in [2.75, 3.05) is 19.3 Å². The third kappa shape index (κ3) is 3.91. The summed E-state index contributed by atoms with van der Waals surface area (Å²) in [5, 5.41) is 9.65. The van der Waals surface area contributed by atoms with E-state index in [1.165, 1.54) is 4.90 Å². The summed E-state index contributed by atoms with van der Waals surface area (Å²) in [7, 11) is 1.67. The first kappa shape index (κ1) is 13.8. The van der Waals surface area contributed by atoms with Gasteiger partial charge >= 0.3 is 0 Å². The maximum atomic E-state index is 12.0. The molecule has 0 spiro atoms. The third-order valence-corrected chi connectivity index (χ3v) is 2.71. The van der Waals surface area contributed by atoms with Crippen LogP contribution >= 0.6 is 11.6 Å². The number of hydrogen-bond acceptors (Lipinski definition) is 3. The summed E-state index contributed by atoms with van der Waals surface area (Å²) >= 11 is 5.83. The maximum absolute atomic E-state index is 12.0. The molecular formula is C12H17ClN2O2. The summed E-state index contributed by atoms with van der Waals surface area (Å²) in [4.78, 5) is 13.6. The molecule has 0 aliphatic carbocycles. The van der Waals surface area contributed by atoms with Gasteiger partial charge in [0.15, 0.2) is 0 Å². The number of rotatable bonds is 4. The Kier molecular flexibility index (Phi) is 4.78. The zero-order chi connectivity index (χ0) is 13.0. The van der Waals surface area contributed by atoms with Gasteiger partial charge in [-0.3, -0.25) is 4.79 Å². The molecule has 0 aromatic heterocycles. The molecule has 1 amide bonds. The van der Waals surface area contributed by atoms with Crippen LogP contribution < -0.4 is 5.73 Å². The average molecular weight is 257 g/mol. The van der Waals surface area contributed by atoms with Crippen molar-refractivity contribution in [3.05, 3.63) is 28.8 Å². The predicted molar refractivity (Wildman–Crippen MR) is 69.1 cm³/mol. The largest absolute Gasteiger partial charge is 0.398 e. The van der Waals surface area contributed by atoms with E-state index in [4.69, 9.17) is 22.4 Å². The zero-order valence-electron chi connectivity index (χ0n) is 9.98. The number of nitrogen functional groups attached to an aromatic ring is 1. The van der Waals surface area contributed by atoms with Crippen LogP contribution in [0.3, 0.4) is 0 Å². The second kappa shape index (κ2) is 5.89. The molecule has 0 radical (unpaired) electrons. The topological polar surface area (TPSA) is 66.6 Å². The number of aliphatic hydroxyl groups is 1. The number of nitrogens with zero attached hydrogens (tertiary/aromatic N) is 1. The molecule has 17 heavy (non-hydrogen) atoms. The van der Waals surface area contributed by atoms with Crippen LogP contribution in [0.4, 0.5) is 5.69 Å². The Balaban J connectivity index is 2.78. The number of carbonyl (C=O) groups excluding carboxylic acids is 1. The number of halogens is 1. The van der Waals surface area contributed by atoms with E-state index >= 15 is 0 Å². The van der Waals surface area contributed by atoms with Crippen molar-refractivity contribution in [3.63, 3.8) is 0 Å². The van der Waals surface area contributed by atoms with Gasteiger partial charge in [-0.2, -0.15) is 0 Å². The van der Waals surface area contributed by atoms with Crippen LogP contribution in [0.1, 0.15) is 23.7 Å². The molecule has 94 valence electrons. The van der Waals surface area contributed by atoms with E-state index in [9.17, 15) is 4.79 Å². The Morgan fingerprint density at radius 2 is 2.24 bits per heavy atom. The molecule has 0 aliphatic rings. The number of aliphatic hydroxyl groups excluding tert-OH is 1. The molecule has 3 N–H and O–H groups in total. The molecule has 1 aromatic rings. The van der Waals surface area contributed by atoms with Crippen molar-refractivity contribution >= 4 is 23.2 Å². The van der Waals surface area contributed by atoms with E-state index in [2.05, 4.69) is 0 Å². The number of hydrogen-bond donors (Lipinski definition) is 2. The number of benzene rings is 1. The Morgan fingerprint density at radius 3 is 2.82 bits per heavy atom. The van der Waals surface area contributed by atoms with E-state index in [1.807, 2.05) is 0 Å². The van der Waals surface area contributed by atoms with Gasteiger partial charge < -0.3 is 15.7 Å². The van der Waals surface area contributed by atoms with E-state index in [-0.39, 0.29) is 5.91 Å². The normalized spacial score (nSPS) is 12.2. The van der Waals surface area contributed by atoms with Crippen molar-refractivity contribution in [3.8, 4) is 0 Å². The SMILES string of the molecule is CC(O)CCN(C)C(=O)c1cc(Cl)ccc1N.